The van der Waals surface area contributed by atoms with Crippen molar-refractivity contribution in [2.24, 2.45) is 11.8 Å². The minimum Gasteiger partial charge on any atom is -0.378 e. The van der Waals surface area contributed by atoms with Crippen LogP contribution in [0.3, 0.4) is 0 Å². The molecule has 3 rings (SSSR count). The van der Waals surface area contributed by atoms with E-state index in [0.717, 1.165) is 25.0 Å². The van der Waals surface area contributed by atoms with Crippen molar-refractivity contribution < 1.29 is 9.53 Å². The molecule has 0 aromatic rings. The van der Waals surface area contributed by atoms with Crippen molar-refractivity contribution in [3.8, 4) is 0 Å². The first-order valence-electron chi connectivity index (χ1n) is 7.46. The number of rotatable bonds is 3. The van der Waals surface area contributed by atoms with Crippen molar-refractivity contribution in [1.29, 1.82) is 0 Å². The van der Waals surface area contributed by atoms with E-state index >= 15 is 0 Å². The molecule has 0 aromatic heterocycles. The van der Waals surface area contributed by atoms with Gasteiger partial charge in [-0.3, -0.25) is 4.79 Å². The van der Waals surface area contributed by atoms with E-state index in [4.69, 9.17) is 4.74 Å². The molecule has 2 saturated carbocycles. The average molecular weight is 289 g/mol. The molecule has 0 aromatic carbocycles. The van der Waals surface area contributed by atoms with E-state index in [2.05, 4.69) is 10.6 Å². The number of carbonyl (C=O) groups excluding carboxylic acids is 1. The molecule has 0 radical (unpaired) electrons. The van der Waals surface area contributed by atoms with Crippen LogP contribution in [0.4, 0.5) is 0 Å². The van der Waals surface area contributed by atoms with Gasteiger partial charge >= 0.3 is 0 Å². The van der Waals surface area contributed by atoms with Gasteiger partial charge in [0.15, 0.2) is 0 Å². The molecule has 19 heavy (non-hydrogen) atoms. The molecule has 3 atom stereocenters. The molecule has 4 nitrogen and oxygen atoms in total. The number of halogens is 1. The SMILES string of the molecule is Cl.O=C(NC1CC1C1CCCCC1)C1COCCN1. The number of hydrogen-bond acceptors (Lipinski definition) is 3. The second-order valence-corrected chi connectivity index (χ2v) is 5.99. The Kier molecular flexibility index (Phi) is 5.48. The molecule has 0 bridgehead atoms. The van der Waals surface area contributed by atoms with E-state index < -0.39 is 0 Å². The van der Waals surface area contributed by atoms with Crippen molar-refractivity contribution in [2.75, 3.05) is 19.8 Å². The molecule has 1 amide bonds. The number of morpholine rings is 1. The van der Waals surface area contributed by atoms with Gasteiger partial charge in [0.05, 0.1) is 13.2 Å². The summed E-state index contributed by atoms with van der Waals surface area (Å²) in [6.07, 6.45) is 8.14. The maximum atomic E-state index is 12.0. The summed E-state index contributed by atoms with van der Waals surface area (Å²) in [5.41, 5.74) is 0. The zero-order chi connectivity index (χ0) is 12.4. The van der Waals surface area contributed by atoms with Crippen molar-refractivity contribution in [3.63, 3.8) is 0 Å². The molecule has 110 valence electrons. The number of ether oxygens (including phenoxy) is 1. The third-order valence-corrected chi connectivity index (χ3v) is 4.66. The summed E-state index contributed by atoms with van der Waals surface area (Å²) in [7, 11) is 0. The highest BCUT2D eigenvalue weighted by Crippen LogP contribution is 2.44. The number of nitrogens with one attached hydrogen (secondary N) is 2. The van der Waals surface area contributed by atoms with Gasteiger partial charge in [0.1, 0.15) is 6.04 Å². The minimum atomic E-state index is -0.133. The molecule has 1 saturated heterocycles. The Labute approximate surface area is 121 Å². The van der Waals surface area contributed by atoms with E-state index in [9.17, 15) is 4.79 Å². The maximum Gasteiger partial charge on any atom is 0.239 e. The van der Waals surface area contributed by atoms with Crippen LogP contribution in [0.15, 0.2) is 0 Å². The third kappa shape index (κ3) is 3.83. The third-order valence-electron chi connectivity index (χ3n) is 4.66. The molecule has 3 fully saturated rings. The summed E-state index contributed by atoms with van der Waals surface area (Å²) in [6, 6.07) is 0.315. The van der Waals surface area contributed by atoms with Crippen molar-refractivity contribution in [2.45, 2.75) is 50.6 Å². The van der Waals surface area contributed by atoms with Gasteiger partial charge in [-0.1, -0.05) is 32.1 Å². The fourth-order valence-electron chi connectivity index (χ4n) is 3.48. The zero-order valence-corrected chi connectivity index (χ0v) is 12.2. The normalized spacial score (nSPS) is 35.3. The molecule has 3 unspecified atom stereocenters. The van der Waals surface area contributed by atoms with E-state index in [1.807, 2.05) is 0 Å². The van der Waals surface area contributed by atoms with Gasteiger partial charge in [-0.05, 0) is 18.3 Å². The highest BCUT2D eigenvalue weighted by Gasteiger charge is 2.44. The Morgan fingerprint density at radius 2 is 2.00 bits per heavy atom. The van der Waals surface area contributed by atoms with Crippen molar-refractivity contribution in [3.05, 3.63) is 0 Å². The van der Waals surface area contributed by atoms with Crippen LogP contribution in [0.2, 0.25) is 0 Å². The monoisotopic (exact) mass is 288 g/mol. The van der Waals surface area contributed by atoms with Gasteiger partial charge in [-0.2, -0.15) is 0 Å². The van der Waals surface area contributed by atoms with Crippen LogP contribution in [0.5, 0.6) is 0 Å². The summed E-state index contributed by atoms with van der Waals surface area (Å²) < 4.78 is 5.33. The predicted molar refractivity (Wildman–Crippen MR) is 76.5 cm³/mol. The van der Waals surface area contributed by atoms with Gasteiger partial charge in [0, 0.05) is 12.6 Å². The number of amides is 1. The fraction of sp³-hybridized carbons (Fsp3) is 0.929. The molecule has 0 spiro atoms. The van der Waals surface area contributed by atoms with Crippen LogP contribution in [-0.2, 0) is 9.53 Å². The molecular weight excluding hydrogens is 264 g/mol. The van der Waals surface area contributed by atoms with E-state index in [0.29, 0.717) is 12.6 Å². The minimum absolute atomic E-state index is 0. The molecule has 2 N–H and O–H groups in total. The van der Waals surface area contributed by atoms with E-state index in [-0.39, 0.29) is 24.4 Å². The summed E-state index contributed by atoms with van der Waals surface area (Å²) in [5.74, 6) is 1.77. The Hall–Kier alpha value is -0.320. The quantitative estimate of drug-likeness (QED) is 0.827. The first-order valence-corrected chi connectivity index (χ1v) is 7.46. The summed E-state index contributed by atoms with van der Waals surface area (Å²) >= 11 is 0. The first kappa shape index (κ1) is 15.1. The van der Waals surface area contributed by atoms with E-state index in [1.165, 1.54) is 38.5 Å². The molecule has 1 heterocycles. The summed E-state index contributed by atoms with van der Waals surface area (Å²) in [5, 5.41) is 6.40. The largest absolute Gasteiger partial charge is 0.378 e. The molecule has 2 aliphatic carbocycles. The second kappa shape index (κ2) is 6.91. The second-order valence-electron chi connectivity index (χ2n) is 5.99. The topological polar surface area (TPSA) is 50.4 Å². The highest BCUT2D eigenvalue weighted by molar-refractivity contribution is 5.85. The van der Waals surface area contributed by atoms with Crippen molar-refractivity contribution >= 4 is 18.3 Å². The lowest BCUT2D eigenvalue weighted by Gasteiger charge is -2.24. The lowest BCUT2D eigenvalue weighted by Crippen LogP contribution is -2.51. The van der Waals surface area contributed by atoms with Gasteiger partial charge in [-0.25, -0.2) is 0 Å². The summed E-state index contributed by atoms with van der Waals surface area (Å²) in [6.45, 7) is 2.03. The summed E-state index contributed by atoms with van der Waals surface area (Å²) in [4.78, 5) is 12.0. The molecule has 5 heteroatoms. The van der Waals surface area contributed by atoms with E-state index in [1.54, 1.807) is 0 Å². The smallest absolute Gasteiger partial charge is 0.239 e. The Morgan fingerprint density at radius 3 is 2.68 bits per heavy atom. The fourth-order valence-corrected chi connectivity index (χ4v) is 3.48. The molecule has 3 aliphatic rings. The molecule has 1 aliphatic heterocycles. The Balaban J connectivity index is 0.00000133. The Bertz CT molecular complexity index is 302. The van der Waals surface area contributed by atoms with Crippen LogP contribution < -0.4 is 10.6 Å². The van der Waals surface area contributed by atoms with Gasteiger partial charge in [0.25, 0.3) is 0 Å². The van der Waals surface area contributed by atoms with Crippen LogP contribution in [-0.4, -0.2) is 37.7 Å². The highest BCUT2D eigenvalue weighted by atomic mass is 35.5. The zero-order valence-electron chi connectivity index (χ0n) is 11.4. The standard InChI is InChI=1S/C14H24N2O2.ClH/c17-14(13-9-18-7-6-15-13)16-12-8-11(12)10-4-2-1-3-5-10;/h10-13,15H,1-9H2,(H,16,17);1H. The van der Waals surface area contributed by atoms with Gasteiger partial charge in [0.2, 0.25) is 5.91 Å². The Morgan fingerprint density at radius 1 is 1.21 bits per heavy atom. The lowest BCUT2D eigenvalue weighted by molar-refractivity contribution is -0.126. The lowest BCUT2D eigenvalue weighted by atomic mass is 9.85. The van der Waals surface area contributed by atoms with Crippen LogP contribution in [0.25, 0.3) is 0 Å². The van der Waals surface area contributed by atoms with Gasteiger partial charge in [-0.15, -0.1) is 12.4 Å². The van der Waals surface area contributed by atoms with Crippen molar-refractivity contribution in [1.82, 2.24) is 10.6 Å². The van der Waals surface area contributed by atoms with Crippen LogP contribution >= 0.6 is 12.4 Å². The number of hydrogen-bond donors (Lipinski definition) is 2. The first-order chi connectivity index (χ1) is 8.84. The number of carbonyl (C=O) groups is 1. The molecular formula is C14H25ClN2O2. The van der Waals surface area contributed by atoms with Crippen LogP contribution in [0, 0.1) is 11.8 Å². The predicted octanol–water partition coefficient (Wildman–Crippen LogP) is 1.48. The van der Waals surface area contributed by atoms with Gasteiger partial charge < -0.3 is 15.4 Å². The average Bonchev–Trinajstić information content (AvgIpc) is 3.20. The maximum absolute atomic E-state index is 12.0. The van der Waals surface area contributed by atoms with Crippen LogP contribution in [0.1, 0.15) is 38.5 Å².